The van der Waals surface area contributed by atoms with E-state index in [0.717, 1.165) is 0 Å². The van der Waals surface area contributed by atoms with E-state index < -0.39 is 5.97 Å². The lowest BCUT2D eigenvalue weighted by Gasteiger charge is -2.13. The summed E-state index contributed by atoms with van der Waals surface area (Å²) in [6.45, 7) is 0. The molecule has 1 N–H and O–H groups in total. The highest BCUT2D eigenvalue weighted by Gasteiger charge is 2.21. The minimum absolute atomic E-state index is 0.0112. The SMILES string of the molecule is COc1nccc(C(=O)O)c1-c1ccc(Cl)c(Cl)c1Cl. The van der Waals surface area contributed by atoms with E-state index in [1.807, 2.05) is 0 Å². The Hall–Kier alpha value is -1.49. The molecule has 2 aromatic rings. The monoisotopic (exact) mass is 331 g/mol. The second-order valence-corrected chi connectivity index (χ2v) is 4.93. The van der Waals surface area contributed by atoms with Crippen molar-refractivity contribution < 1.29 is 14.6 Å². The number of nitrogens with zero attached hydrogens (tertiary/aromatic N) is 1. The Bertz CT molecular complexity index is 689. The molecule has 7 heteroatoms. The maximum Gasteiger partial charge on any atom is 0.336 e. The van der Waals surface area contributed by atoms with E-state index in [1.54, 1.807) is 6.07 Å². The third kappa shape index (κ3) is 2.54. The smallest absolute Gasteiger partial charge is 0.336 e. The zero-order valence-corrected chi connectivity index (χ0v) is 12.4. The van der Waals surface area contributed by atoms with E-state index in [1.165, 1.54) is 25.4 Å². The van der Waals surface area contributed by atoms with Crippen molar-refractivity contribution in [1.29, 1.82) is 0 Å². The molecule has 0 unspecified atom stereocenters. The van der Waals surface area contributed by atoms with Crippen LogP contribution in [-0.4, -0.2) is 23.2 Å². The summed E-state index contributed by atoms with van der Waals surface area (Å²) >= 11 is 18.0. The molecule has 0 spiro atoms. The van der Waals surface area contributed by atoms with Crippen LogP contribution in [0, 0.1) is 0 Å². The maximum absolute atomic E-state index is 11.3. The van der Waals surface area contributed by atoms with Crippen molar-refractivity contribution >= 4 is 40.8 Å². The second kappa shape index (κ2) is 5.87. The molecule has 4 nitrogen and oxygen atoms in total. The minimum Gasteiger partial charge on any atom is -0.481 e. The third-order valence-electron chi connectivity index (χ3n) is 2.64. The number of pyridine rings is 1. The van der Waals surface area contributed by atoms with Gasteiger partial charge < -0.3 is 9.84 Å². The van der Waals surface area contributed by atoms with E-state index in [9.17, 15) is 9.90 Å². The van der Waals surface area contributed by atoms with Crippen LogP contribution in [0.2, 0.25) is 15.1 Å². The van der Waals surface area contributed by atoms with Crippen LogP contribution < -0.4 is 4.74 Å². The first kappa shape index (κ1) is 14.9. The van der Waals surface area contributed by atoms with Crippen LogP contribution in [0.25, 0.3) is 11.1 Å². The largest absolute Gasteiger partial charge is 0.481 e. The molecule has 0 aliphatic rings. The highest BCUT2D eigenvalue weighted by atomic mass is 35.5. The minimum atomic E-state index is -1.12. The Morgan fingerprint density at radius 3 is 2.50 bits per heavy atom. The Labute approximate surface area is 129 Å². The van der Waals surface area contributed by atoms with Gasteiger partial charge in [-0.25, -0.2) is 9.78 Å². The zero-order valence-electron chi connectivity index (χ0n) is 10.2. The standard InChI is InChI=1S/C13H8Cl3NO3/c1-20-12-9(7(13(18)19)4-5-17-12)6-2-3-8(14)11(16)10(6)15/h2-5H,1H3,(H,18,19). The molecule has 0 radical (unpaired) electrons. The van der Waals surface area contributed by atoms with Crippen molar-refractivity contribution in [3.63, 3.8) is 0 Å². The van der Waals surface area contributed by atoms with E-state index in [2.05, 4.69) is 4.98 Å². The molecule has 0 aliphatic heterocycles. The van der Waals surface area contributed by atoms with Crippen LogP contribution in [0.4, 0.5) is 0 Å². The molecule has 1 aromatic carbocycles. The average Bonchev–Trinajstić information content (AvgIpc) is 2.44. The zero-order chi connectivity index (χ0) is 14.9. The fourth-order valence-corrected chi connectivity index (χ4v) is 2.38. The van der Waals surface area contributed by atoms with Gasteiger partial charge in [-0.05, 0) is 12.1 Å². The summed E-state index contributed by atoms with van der Waals surface area (Å²) in [5.74, 6) is -0.979. The number of carbonyl (C=O) groups is 1. The molecule has 20 heavy (non-hydrogen) atoms. The number of methoxy groups -OCH3 is 1. The van der Waals surface area contributed by atoms with Crippen molar-refractivity contribution in [3.05, 3.63) is 45.0 Å². The van der Waals surface area contributed by atoms with Crippen LogP contribution >= 0.6 is 34.8 Å². The number of aromatic nitrogens is 1. The number of rotatable bonds is 3. The lowest BCUT2D eigenvalue weighted by Crippen LogP contribution is -2.03. The Morgan fingerprint density at radius 2 is 1.90 bits per heavy atom. The number of halogens is 3. The summed E-state index contributed by atoms with van der Waals surface area (Å²) in [5, 5.41) is 9.85. The van der Waals surface area contributed by atoms with Crippen LogP contribution in [0.15, 0.2) is 24.4 Å². The second-order valence-electron chi connectivity index (χ2n) is 3.77. The molecule has 2 rings (SSSR count). The first-order chi connectivity index (χ1) is 9.47. The van der Waals surface area contributed by atoms with Gasteiger partial charge in [0.25, 0.3) is 0 Å². The van der Waals surface area contributed by atoms with E-state index in [4.69, 9.17) is 39.5 Å². The lowest BCUT2D eigenvalue weighted by molar-refractivity contribution is 0.0697. The van der Waals surface area contributed by atoms with Gasteiger partial charge in [-0.2, -0.15) is 0 Å². The lowest BCUT2D eigenvalue weighted by atomic mass is 10.0. The molecule has 0 saturated heterocycles. The fourth-order valence-electron chi connectivity index (χ4n) is 1.75. The van der Waals surface area contributed by atoms with Gasteiger partial charge in [-0.3, -0.25) is 0 Å². The summed E-state index contributed by atoms with van der Waals surface area (Å²) in [6, 6.07) is 4.46. The van der Waals surface area contributed by atoms with Crippen LogP contribution in [0.3, 0.4) is 0 Å². The molecule has 0 bridgehead atoms. The third-order valence-corrected chi connectivity index (χ3v) is 3.94. The van der Waals surface area contributed by atoms with E-state index in [-0.39, 0.29) is 32.1 Å². The molecule has 0 aliphatic carbocycles. The highest BCUT2D eigenvalue weighted by Crippen LogP contribution is 2.42. The van der Waals surface area contributed by atoms with Crippen LogP contribution in [-0.2, 0) is 0 Å². The molecule has 0 saturated carbocycles. The van der Waals surface area contributed by atoms with Crippen molar-refractivity contribution in [3.8, 4) is 17.0 Å². The predicted octanol–water partition coefficient (Wildman–Crippen LogP) is 4.42. The van der Waals surface area contributed by atoms with Crippen molar-refractivity contribution in [1.82, 2.24) is 4.98 Å². The summed E-state index contributed by atoms with van der Waals surface area (Å²) in [7, 11) is 1.39. The molecule has 0 fully saturated rings. The highest BCUT2D eigenvalue weighted by molar-refractivity contribution is 6.49. The maximum atomic E-state index is 11.3. The number of carboxylic acids is 1. The van der Waals surface area contributed by atoms with Gasteiger partial charge in [-0.15, -0.1) is 0 Å². The number of hydrogen-bond donors (Lipinski definition) is 1. The van der Waals surface area contributed by atoms with Crippen LogP contribution in [0.5, 0.6) is 5.88 Å². The number of hydrogen-bond acceptors (Lipinski definition) is 3. The number of benzene rings is 1. The average molecular weight is 333 g/mol. The molecule has 104 valence electrons. The number of carboxylic acid groups (broad SMARTS) is 1. The molecule has 1 heterocycles. The van der Waals surface area contributed by atoms with Gasteiger partial charge in [0.15, 0.2) is 0 Å². The van der Waals surface area contributed by atoms with Gasteiger partial charge in [0.1, 0.15) is 0 Å². The Kier molecular flexibility index (Phi) is 4.38. The van der Waals surface area contributed by atoms with Crippen molar-refractivity contribution in [2.45, 2.75) is 0 Å². The predicted molar refractivity (Wildman–Crippen MR) is 78.2 cm³/mol. The molecular formula is C13H8Cl3NO3. The summed E-state index contributed by atoms with van der Waals surface area (Å²) < 4.78 is 5.11. The molecule has 0 amide bonds. The van der Waals surface area contributed by atoms with E-state index >= 15 is 0 Å². The summed E-state index contributed by atoms with van der Waals surface area (Å²) in [6.07, 6.45) is 1.34. The van der Waals surface area contributed by atoms with Gasteiger partial charge in [-0.1, -0.05) is 40.9 Å². The summed E-state index contributed by atoms with van der Waals surface area (Å²) in [5.41, 5.74) is 0.659. The Balaban J connectivity index is 2.81. The first-order valence-electron chi connectivity index (χ1n) is 5.37. The van der Waals surface area contributed by atoms with Gasteiger partial charge >= 0.3 is 5.97 Å². The van der Waals surface area contributed by atoms with E-state index in [0.29, 0.717) is 5.56 Å². The summed E-state index contributed by atoms with van der Waals surface area (Å²) in [4.78, 5) is 15.3. The van der Waals surface area contributed by atoms with Gasteiger partial charge in [0, 0.05) is 11.8 Å². The fraction of sp³-hybridized carbons (Fsp3) is 0.0769. The van der Waals surface area contributed by atoms with Gasteiger partial charge in [0.2, 0.25) is 5.88 Å². The Morgan fingerprint density at radius 1 is 1.20 bits per heavy atom. The topological polar surface area (TPSA) is 59.4 Å². The van der Waals surface area contributed by atoms with Crippen molar-refractivity contribution in [2.24, 2.45) is 0 Å². The molecular weight excluding hydrogens is 325 g/mol. The number of ether oxygens (including phenoxy) is 1. The number of aromatic carboxylic acids is 1. The van der Waals surface area contributed by atoms with Crippen LogP contribution in [0.1, 0.15) is 10.4 Å². The quantitative estimate of drug-likeness (QED) is 0.845. The van der Waals surface area contributed by atoms with Gasteiger partial charge in [0.05, 0.1) is 33.3 Å². The normalized spacial score (nSPS) is 10.4. The first-order valence-corrected chi connectivity index (χ1v) is 6.51. The molecule has 0 atom stereocenters. The molecule has 1 aromatic heterocycles. The van der Waals surface area contributed by atoms with Crippen molar-refractivity contribution in [2.75, 3.05) is 7.11 Å².